The third kappa shape index (κ3) is 0.753. The summed E-state index contributed by atoms with van der Waals surface area (Å²) in [5.41, 5.74) is 0.907. The minimum absolute atomic E-state index is 0.907. The van der Waals surface area contributed by atoms with Crippen LogP contribution in [0.3, 0.4) is 0 Å². The summed E-state index contributed by atoms with van der Waals surface area (Å²) in [5.74, 6) is 0. The maximum Gasteiger partial charge on any atom is 0.0800 e. The lowest BCUT2D eigenvalue weighted by molar-refractivity contribution is 0.838. The molecule has 0 aliphatic carbocycles. The van der Waals surface area contributed by atoms with Gasteiger partial charge in [-0.3, -0.25) is 0 Å². The van der Waals surface area contributed by atoms with E-state index in [0.29, 0.717) is 0 Å². The highest BCUT2D eigenvalue weighted by Crippen LogP contribution is 1.86. The summed E-state index contributed by atoms with van der Waals surface area (Å²) in [6.45, 7) is 5.39. The van der Waals surface area contributed by atoms with Gasteiger partial charge in [0.05, 0.1) is 11.9 Å². The number of hydrogen-bond donors (Lipinski definition) is 0. The minimum Gasteiger partial charge on any atom is -0.228 e. The summed E-state index contributed by atoms with van der Waals surface area (Å²) in [6.07, 6.45) is 3.40. The lowest BCUT2D eigenvalue weighted by atomic mass is 10.6. The topological polar surface area (TPSA) is 30.7 Å². The Morgan fingerprint density at radius 2 is 2.62 bits per heavy atom. The van der Waals surface area contributed by atoms with Crippen molar-refractivity contribution in [1.82, 2.24) is 15.0 Å². The molecule has 1 rings (SSSR count). The molecule has 0 aliphatic rings. The van der Waals surface area contributed by atoms with E-state index < -0.39 is 0 Å². The quantitative estimate of drug-likeness (QED) is 0.531. The number of aryl methyl sites for hydroxylation is 1. The van der Waals surface area contributed by atoms with E-state index in [4.69, 9.17) is 0 Å². The summed E-state index contributed by atoms with van der Waals surface area (Å²) in [5, 5.41) is 7.41. The van der Waals surface area contributed by atoms with Gasteiger partial charge in [-0.15, -0.1) is 5.10 Å². The fourth-order valence-electron chi connectivity index (χ4n) is 0.454. The fraction of sp³-hybridized carbons (Fsp3) is 0.200. The number of hydrogen-bond acceptors (Lipinski definition) is 2. The largest absolute Gasteiger partial charge is 0.228 e. The SMILES string of the molecule is C=Cn1cc(C)nn1. The Labute approximate surface area is 47.6 Å². The van der Waals surface area contributed by atoms with Gasteiger partial charge in [-0.25, -0.2) is 4.68 Å². The molecular formula is C5H7N3. The molecule has 0 unspecified atom stereocenters. The summed E-state index contributed by atoms with van der Waals surface area (Å²) in [7, 11) is 0. The third-order valence-electron chi connectivity index (χ3n) is 0.812. The molecule has 0 N–H and O–H groups in total. The molecule has 0 bridgehead atoms. The molecule has 0 aromatic carbocycles. The fourth-order valence-corrected chi connectivity index (χ4v) is 0.454. The standard InChI is InChI=1S/C5H7N3/c1-3-8-4-5(2)6-7-8/h3-4H,1H2,2H3. The van der Waals surface area contributed by atoms with Gasteiger partial charge in [-0.2, -0.15) is 0 Å². The van der Waals surface area contributed by atoms with Gasteiger partial charge in [-0.05, 0) is 6.92 Å². The van der Waals surface area contributed by atoms with Gasteiger partial charge in [0, 0.05) is 6.20 Å². The summed E-state index contributed by atoms with van der Waals surface area (Å²) in [4.78, 5) is 0. The van der Waals surface area contributed by atoms with E-state index in [-0.39, 0.29) is 0 Å². The number of rotatable bonds is 1. The zero-order valence-corrected chi connectivity index (χ0v) is 4.70. The molecule has 0 saturated carbocycles. The Hall–Kier alpha value is -1.12. The Bertz CT molecular complexity index is 189. The Morgan fingerprint density at radius 1 is 1.88 bits per heavy atom. The molecule has 0 fully saturated rings. The molecule has 0 saturated heterocycles. The van der Waals surface area contributed by atoms with Gasteiger partial charge in [-0.1, -0.05) is 11.8 Å². The first-order valence-corrected chi connectivity index (χ1v) is 2.34. The van der Waals surface area contributed by atoms with Crippen LogP contribution in [0.15, 0.2) is 12.8 Å². The monoisotopic (exact) mass is 109 g/mol. The van der Waals surface area contributed by atoms with Crippen molar-refractivity contribution >= 4 is 6.20 Å². The molecule has 0 aliphatic heterocycles. The van der Waals surface area contributed by atoms with Crippen molar-refractivity contribution in [2.24, 2.45) is 0 Å². The van der Waals surface area contributed by atoms with Crippen LogP contribution >= 0.6 is 0 Å². The first kappa shape index (κ1) is 5.03. The maximum atomic E-state index is 3.73. The molecule has 0 spiro atoms. The highest BCUT2D eigenvalue weighted by molar-refractivity contribution is 5.13. The summed E-state index contributed by atoms with van der Waals surface area (Å²) >= 11 is 0. The van der Waals surface area contributed by atoms with E-state index in [1.165, 1.54) is 0 Å². The van der Waals surface area contributed by atoms with Crippen LogP contribution in [0.5, 0.6) is 0 Å². The zero-order valence-electron chi connectivity index (χ0n) is 4.70. The van der Waals surface area contributed by atoms with E-state index in [1.807, 2.05) is 6.92 Å². The van der Waals surface area contributed by atoms with Crippen molar-refractivity contribution in [3.63, 3.8) is 0 Å². The van der Waals surface area contributed by atoms with Gasteiger partial charge in [0.15, 0.2) is 0 Å². The normalized spacial score (nSPS) is 9.12. The average Bonchev–Trinajstić information content (AvgIpc) is 2.14. The second-order valence-corrected chi connectivity index (χ2v) is 1.52. The summed E-state index contributed by atoms with van der Waals surface area (Å²) in [6, 6.07) is 0. The van der Waals surface area contributed by atoms with Gasteiger partial charge >= 0.3 is 0 Å². The predicted molar refractivity (Wildman–Crippen MR) is 31.1 cm³/mol. The van der Waals surface area contributed by atoms with Crippen LogP contribution in [0.1, 0.15) is 5.69 Å². The molecule has 0 amide bonds. The molecular weight excluding hydrogens is 102 g/mol. The maximum absolute atomic E-state index is 3.73. The van der Waals surface area contributed by atoms with Crippen LogP contribution in [-0.2, 0) is 0 Å². The van der Waals surface area contributed by atoms with E-state index >= 15 is 0 Å². The summed E-state index contributed by atoms with van der Waals surface area (Å²) < 4.78 is 1.56. The molecule has 8 heavy (non-hydrogen) atoms. The van der Waals surface area contributed by atoms with E-state index in [2.05, 4.69) is 16.9 Å². The lowest BCUT2D eigenvalue weighted by Crippen LogP contribution is -1.83. The van der Waals surface area contributed by atoms with Crippen molar-refractivity contribution in [3.8, 4) is 0 Å². The highest BCUT2D eigenvalue weighted by atomic mass is 15.4. The Balaban J connectivity index is 3.00. The van der Waals surface area contributed by atoms with Gasteiger partial charge in [0.25, 0.3) is 0 Å². The molecule has 1 aromatic rings. The van der Waals surface area contributed by atoms with Crippen LogP contribution < -0.4 is 0 Å². The Morgan fingerprint density at radius 3 is 2.88 bits per heavy atom. The lowest BCUT2D eigenvalue weighted by Gasteiger charge is -1.79. The first-order valence-electron chi connectivity index (χ1n) is 2.34. The second kappa shape index (κ2) is 1.78. The van der Waals surface area contributed by atoms with Crippen LogP contribution in [0.2, 0.25) is 0 Å². The molecule has 1 heterocycles. The first-order chi connectivity index (χ1) is 3.83. The number of nitrogens with zero attached hydrogens (tertiary/aromatic N) is 3. The Kier molecular flexibility index (Phi) is 1.12. The van der Waals surface area contributed by atoms with Gasteiger partial charge in [0.1, 0.15) is 0 Å². The van der Waals surface area contributed by atoms with Crippen molar-refractivity contribution < 1.29 is 0 Å². The smallest absolute Gasteiger partial charge is 0.0800 e. The molecule has 1 aromatic heterocycles. The van der Waals surface area contributed by atoms with Crippen molar-refractivity contribution in [2.75, 3.05) is 0 Å². The third-order valence-corrected chi connectivity index (χ3v) is 0.812. The number of aromatic nitrogens is 3. The van der Waals surface area contributed by atoms with Crippen molar-refractivity contribution in [2.45, 2.75) is 6.92 Å². The molecule has 0 radical (unpaired) electrons. The molecule has 42 valence electrons. The van der Waals surface area contributed by atoms with Crippen molar-refractivity contribution in [3.05, 3.63) is 18.5 Å². The highest BCUT2D eigenvalue weighted by Gasteiger charge is 1.85. The average molecular weight is 109 g/mol. The van der Waals surface area contributed by atoms with Crippen LogP contribution in [0.4, 0.5) is 0 Å². The molecule has 0 atom stereocenters. The van der Waals surface area contributed by atoms with E-state index in [0.717, 1.165) is 5.69 Å². The van der Waals surface area contributed by atoms with Crippen LogP contribution in [-0.4, -0.2) is 15.0 Å². The van der Waals surface area contributed by atoms with Crippen LogP contribution in [0.25, 0.3) is 6.20 Å². The molecule has 3 nitrogen and oxygen atoms in total. The van der Waals surface area contributed by atoms with Crippen molar-refractivity contribution in [1.29, 1.82) is 0 Å². The van der Waals surface area contributed by atoms with Gasteiger partial charge in [0.2, 0.25) is 0 Å². The van der Waals surface area contributed by atoms with Crippen LogP contribution in [0, 0.1) is 6.92 Å². The van der Waals surface area contributed by atoms with E-state index in [9.17, 15) is 0 Å². The minimum atomic E-state index is 0.907. The van der Waals surface area contributed by atoms with Gasteiger partial charge < -0.3 is 0 Å². The molecule has 3 heteroatoms. The zero-order chi connectivity index (χ0) is 5.98. The second-order valence-electron chi connectivity index (χ2n) is 1.52. The predicted octanol–water partition coefficient (Wildman–Crippen LogP) is 0.687. The van der Waals surface area contributed by atoms with E-state index in [1.54, 1.807) is 17.1 Å².